The van der Waals surface area contributed by atoms with Crippen LogP contribution < -0.4 is 0 Å². The maximum absolute atomic E-state index is 11.4. The quantitative estimate of drug-likeness (QED) is 0.611. The molecule has 0 radical (unpaired) electrons. The molecule has 0 atom stereocenters. The van der Waals surface area contributed by atoms with E-state index in [0.29, 0.717) is 0 Å². The van der Waals surface area contributed by atoms with Gasteiger partial charge in [-0.1, -0.05) is 0 Å². The Labute approximate surface area is 77.2 Å². The maximum Gasteiger partial charge on any atom is 0.337 e. The van der Waals surface area contributed by atoms with E-state index in [1.165, 1.54) is 14.2 Å². The van der Waals surface area contributed by atoms with Crippen LogP contribution in [0.15, 0.2) is 0 Å². The SMILES string of the molecule is COP(=O)(CC(=O)CCC#N)OC. The number of hydrogen-bond donors (Lipinski definition) is 0. The summed E-state index contributed by atoms with van der Waals surface area (Å²) in [4.78, 5) is 11.1. The Balaban J connectivity index is 4.04. The summed E-state index contributed by atoms with van der Waals surface area (Å²) < 4.78 is 20.5. The molecule has 0 aromatic heterocycles. The van der Waals surface area contributed by atoms with Crippen LogP contribution in [0.4, 0.5) is 0 Å². The lowest BCUT2D eigenvalue weighted by molar-refractivity contribution is -0.116. The highest BCUT2D eigenvalue weighted by molar-refractivity contribution is 7.54. The second kappa shape index (κ2) is 5.87. The van der Waals surface area contributed by atoms with Gasteiger partial charge in [0.05, 0.1) is 6.07 Å². The van der Waals surface area contributed by atoms with Gasteiger partial charge in [0.25, 0.3) is 0 Å². The summed E-state index contributed by atoms with van der Waals surface area (Å²) >= 11 is 0. The molecule has 13 heavy (non-hydrogen) atoms. The molecule has 0 rings (SSSR count). The molecule has 6 heteroatoms. The van der Waals surface area contributed by atoms with Crippen molar-refractivity contribution in [2.24, 2.45) is 0 Å². The van der Waals surface area contributed by atoms with E-state index in [1.54, 1.807) is 0 Å². The number of Topliss-reactive ketones (excluding diaryl/α,β-unsaturated/α-hetero) is 1. The standard InChI is InChI=1S/C7H12NO4P/c1-11-13(10,12-2)6-7(9)4-3-5-8/h3-4,6H2,1-2H3. The third kappa shape index (κ3) is 4.79. The highest BCUT2D eigenvalue weighted by Gasteiger charge is 2.24. The van der Waals surface area contributed by atoms with Gasteiger partial charge in [-0.3, -0.25) is 9.36 Å². The van der Waals surface area contributed by atoms with Crippen LogP contribution in [0.1, 0.15) is 12.8 Å². The number of carbonyl (C=O) groups is 1. The van der Waals surface area contributed by atoms with E-state index in [0.717, 1.165) is 0 Å². The Morgan fingerprint density at radius 3 is 2.38 bits per heavy atom. The Kier molecular flexibility index (Phi) is 5.56. The molecular weight excluding hydrogens is 193 g/mol. The first-order valence-electron chi connectivity index (χ1n) is 3.67. The van der Waals surface area contributed by atoms with Crippen LogP contribution in [0, 0.1) is 11.3 Å². The molecule has 0 N–H and O–H groups in total. The van der Waals surface area contributed by atoms with Crippen LogP contribution in [0.3, 0.4) is 0 Å². The first-order valence-corrected chi connectivity index (χ1v) is 5.40. The summed E-state index contributed by atoms with van der Waals surface area (Å²) in [5.74, 6) is -0.284. The van der Waals surface area contributed by atoms with Crippen LogP contribution in [0.5, 0.6) is 0 Å². The molecule has 74 valence electrons. The molecule has 0 aliphatic carbocycles. The van der Waals surface area contributed by atoms with Crippen molar-refractivity contribution in [1.29, 1.82) is 5.26 Å². The van der Waals surface area contributed by atoms with Crippen molar-refractivity contribution in [2.75, 3.05) is 20.4 Å². The molecule has 0 spiro atoms. The number of carbonyl (C=O) groups excluding carboxylic acids is 1. The van der Waals surface area contributed by atoms with E-state index < -0.39 is 7.60 Å². The summed E-state index contributed by atoms with van der Waals surface area (Å²) in [7, 11) is -0.788. The molecule has 0 aliphatic heterocycles. The fraction of sp³-hybridized carbons (Fsp3) is 0.714. The minimum absolute atomic E-state index is 0.0905. The van der Waals surface area contributed by atoms with E-state index in [2.05, 4.69) is 9.05 Å². The Morgan fingerprint density at radius 1 is 1.46 bits per heavy atom. The lowest BCUT2D eigenvalue weighted by Gasteiger charge is -2.11. The van der Waals surface area contributed by atoms with E-state index in [1.807, 2.05) is 6.07 Å². The minimum Gasteiger partial charge on any atom is -0.312 e. The monoisotopic (exact) mass is 205 g/mol. The predicted octanol–water partition coefficient (Wildman–Crippen LogP) is 1.35. The fourth-order valence-corrected chi connectivity index (χ4v) is 1.69. The van der Waals surface area contributed by atoms with Gasteiger partial charge in [-0.05, 0) is 0 Å². The van der Waals surface area contributed by atoms with Gasteiger partial charge in [0.15, 0.2) is 0 Å². The maximum atomic E-state index is 11.4. The smallest absolute Gasteiger partial charge is 0.312 e. The van der Waals surface area contributed by atoms with Crippen molar-refractivity contribution < 1.29 is 18.4 Å². The van der Waals surface area contributed by atoms with E-state index in [9.17, 15) is 9.36 Å². The zero-order valence-corrected chi connectivity index (χ0v) is 8.54. The lowest BCUT2D eigenvalue weighted by atomic mass is 10.2. The van der Waals surface area contributed by atoms with Gasteiger partial charge in [-0.25, -0.2) is 0 Å². The fourth-order valence-electron chi connectivity index (χ4n) is 0.694. The van der Waals surface area contributed by atoms with Gasteiger partial charge in [-0.15, -0.1) is 0 Å². The van der Waals surface area contributed by atoms with Crippen LogP contribution >= 0.6 is 7.60 Å². The van der Waals surface area contributed by atoms with E-state index in [-0.39, 0.29) is 24.8 Å². The average molecular weight is 205 g/mol. The third-order valence-corrected chi connectivity index (χ3v) is 3.29. The van der Waals surface area contributed by atoms with Crippen molar-refractivity contribution in [3.8, 4) is 6.07 Å². The zero-order valence-electron chi connectivity index (χ0n) is 7.65. The van der Waals surface area contributed by atoms with E-state index >= 15 is 0 Å². The first kappa shape index (κ1) is 12.3. The summed E-state index contributed by atoms with van der Waals surface area (Å²) in [5, 5.41) is 8.19. The number of nitriles is 1. The molecule has 0 aliphatic rings. The molecular formula is C7H12NO4P. The zero-order chi connectivity index (χ0) is 10.3. The van der Waals surface area contributed by atoms with Gasteiger partial charge >= 0.3 is 7.60 Å². The van der Waals surface area contributed by atoms with Gasteiger partial charge in [0, 0.05) is 27.1 Å². The summed E-state index contributed by atoms with van der Waals surface area (Å²) in [6, 6.07) is 1.83. The molecule has 0 heterocycles. The minimum atomic E-state index is -3.24. The topological polar surface area (TPSA) is 76.4 Å². The van der Waals surface area contributed by atoms with Crippen molar-refractivity contribution >= 4 is 13.4 Å². The molecule has 0 aromatic carbocycles. The van der Waals surface area contributed by atoms with E-state index in [4.69, 9.17) is 5.26 Å². The molecule has 0 amide bonds. The highest BCUT2D eigenvalue weighted by Crippen LogP contribution is 2.46. The average Bonchev–Trinajstić information content (AvgIpc) is 2.14. The molecule has 5 nitrogen and oxygen atoms in total. The highest BCUT2D eigenvalue weighted by atomic mass is 31.2. The molecule has 0 fully saturated rings. The van der Waals surface area contributed by atoms with Crippen LogP contribution in [0.2, 0.25) is 0 Å². The van der Waals surface area contributed by atoms with Gasteiger partial charge in [0.2, 0.25) is 0 Å². The predicted molar refractivity (Wildman–Crippen MR) is 46.3 cm³/mol. The van der Waals surface area contributed by atoms with Crippen molar-refractivity contribution in [3.63, 3.8) is 0 Å². The van der Waals surface area contributed by atoms with Crippen LogP contribution in [-0.2, 0) is 18.4 Å². The van der Waals surface area contributed by atoms with Crippen molar-refractivity contribution in [3.05, 3.63) is 0 Å². The second-order valence-electron chi connectivity index (χ2n) is 2.33. The number of rotatable bonds is 6. The molecule has 0 saturated carbocycles. The summed E-state index contributed by atoms with van der Waals surface area (Å²) in [6.45, 7) is 0. The van der Waals surface area contributed by atoms with Gasteiger partial charge < -0.3 is 9.05 Å². The Bertz CT molecular complexity index is 250. The second-order valence-corrected chi connectivity index (χ2v) is 4.60. The number of ketones is 1. The summed E-state index contributed by atoms with van der Waals surface area (Å²) in [5.41, 5.74) is 0. The molecule has 0 saturated heterocycles. The lowest BCUT2D eigenvalue weighted by Crippen LogP contribution is -2.07. The third-order valence-electron chi connectivity index (χ3n) is 1.44. The molecule has 0 bridgehead atoms. The molecule has 0 unspecified atom stereocenters. The van der Waals surface area contributed by atoms with Crippen molar-refractivity contribution in [1.82, 2.24) is 0 Å². The van der Waals surface area contributed by atoms with Gasteiger partial charge in [-0.2, -0.15) is 5.26 Å². The number of hydrogen-bond acceptors (Lipinski definition) is 5. The van der Waals surface area contributed by atoms with Crippen LogP contribution in [-0.4, -0.2) is 26.2 Å². The number of nitrogens with zero attached hydrogens (tertiary/aromatic N) is 1. The van der Waals surface area contributed by atoms with Crippen molar-refractivity contribution in [2.45, 2.75) is 12.8 Å². The summed E-state index contributed by atoms with van der Waals surface area (Å²) in [6.07, 6.45) is -0.0405. The molecule has 0 aromatic rings. The van der Waals surface area contributed by atoms with Crippen LogP contribution in [0.25, 0.3) is 0 Å². The Morgan fingerprint density at radius 2 is 2.00 bits per heavy atom. The van der Waals surface area contributed by atoms with Gasteiger partial charge in [0.1, 0.15) is 11.9 Å². The largest absolute Gasteiger partial charge is 0.337 e. The Hall–Kier alpha value is -0.690. The normalized spacial score (nSPS) is 10.8. The first-order chi connectivity index (χ1) is 6.08.